The van der Waals surface area contributed by atoms with Crippen molar-refractivity contribution in [2.24, 2.45) is 5.73 Å². The Labute approximate surface area is 102 Å². The molecule has 1 atom stereocenters. The van der Waals surface area contributed by atoms with Gasteiger partial charge in [0.15, 0.2) is 0 Å². The Kier molecular flexibility index (Phi) is 4.19. The van der Waals surface area contributed by atoms with Crippen LogP contribution in [0.25, 0.3) is 0 Å². The number of nitrogens with zero attached hydrogens (tertiary/aromatic N) is 2. The number of anilines is 1. The average Bonchev–Trinajstić information content (AvgIpc) is 2.24. The van der Waals surface area contributed by atoms with Crippen molar-refractivity contribution in [3.8, 4) is 0 Å². The first-order valence-corrected chi connectivity index (χ1v) is 5.52. The van der Waals surface area contributed by atoms with E-state index in [4.69, 9.17) is 5.73 Å². The van der Waals surface area contributed by atoms with Gasteiger partial charge in [-0.05, 0) is 29.8 Å². The zero-order valence-corrected chi connectivity index (χ0v) is 10.6. The van der Waals surface area contributed by atoms with Gasteiger partial charge in [-0.15, -0.1) is 0 Å². The molecule has 0 aliphatic heterocycles. The van der Waals surface area contributed by atoms with E-state index >= 15 is 0 Å². The van der Waals surface area contributed by atoms with Crippen molar-refractivity contribution in [2.45, 2.75) is 19.9 Å². The number of hydrogen-bond donors (Lipinski definition) is 2. The average molecular weight is 289 g/mol. The van der Waals surface area contributed by atoms with E-state index < -0.39 is 4.92 Å². The van der Waals surface area contributed by atoms with Crippen molar-refractivity contribution in [3.05, 3.63) is 26.3 Å². The van der Waals surface area contributed by atoms with Crippen LogP contribution in [-0.4, -0.2) is 22.5 Å². The third-order valence-electron chi connectivity index (χ3n) is 2.17. The lowest BCUT2D eigenvalue weighted by molar-refractivity contribution is -0.385. The van der Waals surface area contributed by atoms with Gasteiger partial charge in [0, 0.05) is 18.2 Å². The Morgan fingerprint density at radius 3 is 2.88 bits per heavy atom. The van der Waals surface area contributed by atoms with Gasteiger partial charge in [-0.3, -0.25) is 10.1 Å². The second-order valence-electron chi connectivity index (χ2n) is 3.47. The second kappa shape index (κ2) is 5.22. The number of aromatic nitrogens is 1. The minimum Gasteiger partial charge on any atom is -0.365 e. The lowest BCUT2D eigenvalue weighted by Gasteiger charge is -2.14. The number of pyridine rings is 1. The molecule has 0 bridgehead atoms. The van der Waals surface area contributed by atoms with Gasteiger partial charge in [0.2, 0.25) is 0 Å². The lowest BCUT2D eigenvalue weighted by atomic mass is 10.2. The number of nitrogens with two attached hydrogens (primary N) is 1. The third-order valence-corrected chi connectivity index (χ3v) is 3.14. The number of halogens is 1. The summed E-state index contributed by atoms with van der Waals surface area (Å²) < 4.78 is 0.599. The Bertz CT molecular complexity index is 411. The summed E-state index contributed by atoms with van der Waals surface area (Å²) in [5.41, 5.74) is 6.02. The van der Waals surface area contributed by atoms with Gasteiger partial charge in [0.25, 0.3) is 5.69 Å². The van der Waals surface area contributed by atoms with Crippen LogP contribution in [0.4, 0.5) is 11.5 Å². The molecule has 88 valence electrons. The van der Waals surface area contributed by atoms with Crippen molar-refractivity contribution in [2.75, 3.05) is 11.9 Å². The molecule has 7 heteroatoms. The van der Waals surface area contributed by atoms with E-state index in [0.29, 0.717) is 22.4 Å². The fraction of sp³-hybridized carbons (Fsp3) is 0.444. The molecule has 1 aromatic rings. The summed E-state index contributed by atoms with van der Waals surface area (Å²) in [5.74, 6) is 0.570. The first kappa shape index (κ1) is 12.9. The first-order chi connectivity index (χ1) is 7.47. The van der Waals surface area contributed by atoms with Gasteiger partial charge in [-0.25, -0.2) is 4.98 Å². The van der Waals surface area contributed by atoms with Crippen LogP contribution in [0.5, 0.6) is 0 Å². The van der Waals surface area contributed by atoms with Crippen LogP contribution in [-0.2, 0) is 0 Å². The van der Waals surface area contributed by atoms with Crippen LogP contribution in [0.1, 0.15) is 12.5 Å². The SMILES string of the molecule is Cc1c([N+](=O)[O-])cnc(NC(C)CN)c1Br. The molecule has 0 saturated carbocycles. The lowest BCUT2D eigenvalue weighted by Crippen LogP contribution is -2.26. The number of hydrogen-bond acceptors (Lipinski definition) is 5. The molecule has 0 aromatic carbocycles. The molecule has 16 heavy (non-hydrogen) atoms. The summed E-state index contributed by atoms with van der Waals surface area (Å²) in [6.45, 7) is 4.04. The topological polar surface area (TPSA) is 94.1 Å². The molecular weight excluding hydrogens is 276 g/mol. The fourth-order valence-corrected chi connectivity index (χ4v) is 1.57. The highest BCUT2D eigenvalue weighted by Crippen LogP contribution is 2.30. The standard InChI is InChI=1S/C9H13BrN4O2/c1-5(3-11)13-9-8(10)6(2)7(4-12-9)14(15)16/h4-5H,3,11H2,1-2H3,(H,12,13). The van der Waals surface area contributed by atoms with E-state index in [1.54, 1.807) is 6.92 Å². The molecule has 1 heterocycles. The van der Waals surface area contributed by atoms with Gasteiger partial charge in [0.1, 0.15) is 12.0 Å². The maximum atomic E-state index is 10.7. The summed E-state index contributed by atoms with van der Waals surface area (Å²) >= 11 is 3.29. The van der Waals surface area contributed by atoms with Crippen LogP contribution in [0.15, 0.2) is 10.7 Å². The molecule has 0 spiro atoms. The summed E-state index contributed by atoms with van der Waals surface area (Å²) in [5, 5.41) is 13.7. The van der Waals surface area contributed by atoms with E-state index in [-0.39, 0.29) is 11.7 Å². The van der Waals surface area contributed by atoms with Crippen molar-refractivity contribution in [1.29, 1.82) is 0 Å². The van der Waals surface area contributed by atoms with Crippen molar-refractivity contribution in [3.63, 3.8) is 0 Å². The Morgan fingerprint density at radius 2 is 2.38 bits per heavy atom. The highest BCUT2D eigenvalue weighted by molar-refractivity contribution is 9.10. The molecule has 0 saturated heterocycles. The van der Waals surface area contributed by atoms with Crippen LogP contribution in [0.3, 0.4) is 0 Å². The largest absolute Gasteiger partial charge is 0.365 e. The molecule has 1 rings (SSSR count). The van der Waals surface area contributed by atoms with E-state index in [2.05, 4.69) is 26.2 Å². The van der Waals surface area contributed by atoms with Gasteiger partial charge >= 0.3 is 0 Å². The zero-order chi connectivity index (χ0) is 12.3. The highest BCUT2D eigenvalue weighted by atomic mass is 79.9. The molecule has 0 aliphatic rings. The zero-order valence-electron chi connectivity index (χ0n) is 9.03. The Hall–Kier alpha value is -1.21. The fourth-order valence-electron chi connectivity index (χ4n) is 1.15. The maximum Gasteiger partial charge on any atom is 0.291 e. The minimum absolute atomic E-state index is 0.00201. The molecule has 0 fully saturated rings. The van der Waals surface area contributed by atoms with E-state index in [1.165, 1.54) is 6.20 Å². The van der Waals surface area contributed by atoms with Gasteiger partial charge in [-0.1, -0.05) is 0 Å². The molecular formula is C9H13BrN4O2. The smallest absolute Gasteiger partial charge is 0.291 e. The second-order valence-corrected chi connectivity index (χ2v) is 4.26. The maximum absolute atomic E-state index is 10.7. The normalized spacial score (nSPS) is 12.2. The van der Waals surface area contributed by atoms with Gasteiger partial charge in [-0.2, -0.15) is 0 Å². The molecule has 0 radical (unpaired) electrons. The van der Waals surface area contributed by atoms with Gasteiger partial charge in [0.05, 0.1) is 9.40 Å². The van der Waals surface area contributed by atoms with Crippen molar-refractivity contribution in [1.82, 2.24) is 4.98 Å². The van der Waals surface area contributed by atoms with Crippen LogP contribution < -0.4 is 11.1 Å². The molecule has 0 amide bonds. The van der Waals surface area contributed by atoms with Crippen LogP contribution in [0, 0.1) is 17.0 Å². The molecule has 1 aromatic heterocycles. The third kappa shape index (κ3) is 2.67. The Balaban J connectivity index is 3.07. The molecule has 3 N–H and O–H groups in total. The molecule has 6 nitrogen and oxygen atoms in total. The van der Waals surface area contributed by atoms with E-state index in [0.717, 1.165) is 0 Å². The van der Waals surface area contributed by atoms with Crippen LogP contribution in [0.2, 0.25) is 0 Å². The Morgan fingerprint density at radius 1 is 1.75 bits per heavy atom. The summed E-state index contributed by atoms with van der Waals surface area (Å²) in [4.78, 5) is 14.2. The van der Waals surface area contributed by atoms with E-state index in [1.807, 2.05) is 6.92 Å². The summed E-state index contributed by atoms with van der Waals surface area (Å²) in [7, 11) is 0. The quantitative estimate of drug-likeness (QED) is 0.651. The van der Waals surface area contributed by atoms with Crippen LogP contribution >= 0.6 is 15.9 Å². The number of nitrogens with one attached hydrogen (secondary N) is 1. The predicted octanol–water partition coefficient (Wildman–Crippen LogP) is 1.82. The summed E-state index contributed by atoms with van der Waals surface area (Å²) in [6.07, 6.45) is 1.24. The summed E-state index contributed by atoms with van der Waals surface area (Å²) in [6, 6.07) is 0.0599. The first-order valence-electron chi connectivity index (χ1n) is 4.73. The monoisotopic (exact) mass is 288 g/mol. The van der Waals surface area contributed by atoms with Gasteiger partial charge < -0.3 is 11.1 Å². The predicted molar refractivity (Wildman–Crippen MR) is 65.5 cm³/mol. The minimum atomic E-state index is -0.455. The molecule has 1 unspecified atom stereocenters. The van der Waals surface area contributed by atoms with Crippen molar-refractivity contribution >= 4 is 27.4 Å². The highest BCUT2D eigenvalue weighted by Gasteiger charge is 2.17. The number of nitro groups is 1. The molecule has 0 aliphatic carbocycles. The number of rotatable bonds is 4. The van der Waals surface area contributed by atoms with E-state index in [9.17, 15) is 10.1 Å². The van der Waals surface area contributed by atoms with Crippen molar-refractivity contribution < 1.29 is 4.92 Å².